The van der Waals surface area contributed by atoms with Gasteiger partial charge in [0.25, 0.3) is 0 Å². The average Bonchev–Trinajstić information content (AvgIpc) is 2.50. The molecule has 0 N–H and O–H groups in total. The summed E-state index contributed by atoms with van der Waals surface area (Å²) < 4.78 is 16.1. The molecular formula is C18H23NO3. The highest BCUT2D eigenvalue weighted by Gasteiger charge is 2.13. The summed E-state index contributed by atoms with van der Waals surface area (Å²) in [5.74, 6) is 2.02. The van der Waals surface area contributed by atoms with Crippen LogP contribution >= 0.6 is 0 Å². The highest BCUT2D eigenvalue weighted by atomic mass is 16.5. The molecule has 0 aliphatic carbocycles. The number of benzene rings is 1. The summed E-state index contributed by atoms with van der Waals surface area (Å²) in [6, 6.07) is 8.26. The molecular weight excluding hydrogens is 278 g/mol. The second-order valence-corrected chi connectivity index (χ2v) is 5.29. The smallest absolute Gasteiger partial charge is 0.203 e. The Labute approximate surface area is 132 Å². The topological polar surface area (TPSA) is 40.6 Å². The van der Waals surface area contributed by atoms with E-state index in [0.717, 1.165) is 29.8 Å². The summed E-state index contributed by atoms with van der Waals surface area (Å²) in [5, 5.41) is 0. The molecule has 1 aromatic heterocycles. The quantitative estimate of drug-likeness (QED) is 0.818. The van der Waals surface area contributed by atoms with Crippen LogP contribution in [0.2, 0.25) is 0 Å². The van der Waals surface area contributed by atoms with Crippen molar-refractivity contribution in [1.82, 2.24) is 4.98 Å². The van der Waals surface area contributed by atoms with Crippen molar-refractivity contribution in [3.63, 3.8) is 0 Å². The maximum Gasteiger partial charge on any atom is 0.203 e. The van der Waals surface area contributed by atoms with Crippen molar-refractivity contribution in [3.05, 3.63) is 46.8 Å². The van der Waals surface area contributed by atoms with Gasteiger partial charge in [-0.25, -0.2) is 0 Å². The second kappa shape index (κ2) is 7.16. The van der Waals surface area contributed by atoms with Crippen LogP contribution in [0.5, 0.6) is 17.2 Å². The lowest BCUT2D eigenvalue weighted by atomic mass is 10.0. The third-order valence-electron chi connectivity index (χ3n) is 3.57. The van der Waals surface area contributed by atoms with E-state index in [9.17, 15) is 0 Å². The minimum Gasteiger partial charge on any atom is -0.493 e. The molecule has 4 nitrogen and oxygen atoms in total. The fraction of sp³-hybridized carbons (Fsp3) is 0.389. The van der Waals surface area contributed by atoms with Crippen LogP contribution in [0.4, 0.5) is 0 Å². The van der Waals surface area contributed by atoms with Crippen molar-refractivity contribution >= 4 is 0 Å². The van der Waals surface area contributed by atoms with E-state index in [2.05, 4.69) is 17.1 Å². The Morgan fingerprint density at radius 1 is 0.727 bits per heavy atom. The molecule has 0 atom stereocenters. The van der Waals surface area contributed by atoms with Crippen LogP contribution in [0.25, 0.3) is 0 Å². The maximum atomic E-state index is 5.39. The molecule has 0 saturated carbocycles. The summed E-state index contributed by atoms with van der Waals surface area (Å²) in [4.78, 5) is 4.41. The van der Waals surface area contributed by atoms with E-state index >= 15 is 0 Å². The van der Waals surface area contributed by atoms with Crippen molar-refractivity contribution < 1.29 is 14.2 Å². The van der Waals surface area contributed by atoms with Gasteiger partial charge in [0.2, 0.25) is 5.75 Å². The first-order chi connectivity index (χ1) is 10.6. The second-order valence-electron chi connectivity index (χ2n) is 5.29. The summed E-state index contributed by atoms with van der Waals surface area (Å²) >= 11 is 0. The van der Waals surface area contributed by atoms with Crippen molar-refractivity contribution in [2.75, 3.05) is 21.3 Å². The van der Waals surface area contributed by atoms with Gasteiger partial charge in [-0.1, -0.05) is 0 Å². The highest BCUT2D eigenvalue weighted by Crippen LogP contribution is 2.38. The normalized spacial score (nSPS) is 10.4. The van der Waals surface area contributed by atoms with E-state index in [1.54, 1.807) is 21.3 Å². The zero-order chi connectivity index (χ0) is 16.1. The van der Waals surface area contributed by atoms with E-state index in [0.29, 0.717) is 17.2 Å². The Morgan fingerprint density at radius 3 is 1.59 bits per heavy atom. The molecule has 118 valence electrons. The van der Waals surface area contributed by atoms with E-state index in [1.807, 2.05) is 26.0 Å². The monoisotopic (exact) mass is 301 g/mol. The molecule has 1 aromatic carbocycles. The van der Waals surface area contributed by atoms with Gasteiger partial charge < -0.3 is 14.2 Å². The Morgan fingerprint density at radius 2 is 1.18 bits per heavy atom. The number of aromatic nitrogens is 1. The summed E-state index contributed by atoms with van der Waals surface area (Å²) in [7, 11) is 4.88. The predicted molar refractivity (Wildman–Crippen MR) is 87.2 cm³/mol. The number of ether oxygens (including phenoxy) is 3. The molecule has 2 rings (SSSR count). The number of aryl methyl sites for hydroxylation is 4. The van der Waals surface area contributed by atoms with Crippen LogP contribution in [0, 0.1) is 13.8 Å². The van der Waals surface area contributed by atoms with Crippen LogP contribution in [0.15, 0.2) is 24.3 Å². The molecule has 0 bridgehead atoms. The first-order valence-electron chi connectivity index (χ1n) is 7.30. The van der Waals surface area contributed by atoms with Crippen molar-refractivity contribution in [2.24, 2.45) is 0 Å². The van der Waals surface area contributed by atoms with Gasteiger partial charge in [-0.05, 0) is 62.1 Å². The number of rotatable bonds is 6. The molecule has 0 spiro atoms. The SMILES string of the molecule is COc1cc(CCc2cc(C)nc(C)c2)cc(OC)c1OC. The lowest BCUT2D eigenvalue weighted by molar-refractivity contribution is 0.324. The molecule has 0 aliphatic heterocycles. The van der Waals surface area contributed by atoms with Gasteiger partial charge in [-0.2, -0.15) is 0 Å². The summed E-state index contributed by atoms with van der Waals surface area (Å²) in [6.07, 6.45) is 1.85. The molecule has 0 radical (unpaired) electrons. The third kappa shape index (κ3) is 3.70. The minimum absolute atomic E-state index is 0.629. The summed E-state index contributed by atoms with van der Waals surface area (Å²) in [6.45, 7) is 4.05. The fourth-order valence-corrected chi connectivity index (χ4v) is 2.63. The third-order valence-corrected chi connectivity index (χ3v) is 3.57. The van der Waals surface area contributed by atoms with Crippen LogP contribution in [-0.4, -0.2) is 26.3 Å². The average molecular weight is 301 g/mol. The highest BCUT2D eigenvalue weighted by molar-refractivity contribution is 5.54. The van der Waals surface area contributed by atoms with E-state index in [4.69, 9.17) is 14.2 Å². The van der Waals surface area contributed by atoms with Gasteiger partial charge in [0.15, 0.2) is 11.5 Å². The molecule has 0 saturated heterocycles. The van der Waals surface area contributed by atoms with E-state index in [-0.39, 0.29) is 0 Å². The van der Waals surface area contributed by atoms with Crippen LogP contribution in [-0.2, 0) is 12.8 Å². The predicted octanol–water partition coefficient (Wildman–Crippen LogP) is 3.51. The number of nitrogens with zero attached hydrogens (tertiary/aromatic N) is 1. The molecule has 2 aromatic rings. The van der Waals surface area contributed by atoms with Crippen LogP contribution in [0.1, 0.15) is 22.5 Å². The summed E-state index contributed by atoms with van der Waals surface area (Å²) in [5.41, 5.74) is 4.56. The van der Waals surface area contributed by atoms with Crippen LogP contribution in [0.3, 0.4) is 0 Å². The zero-order valence-electron chi connectivity index (χ0n) is 13.9. The Bertz CT molecular complexity index is 608. The maximum absolute atomic E-state index is 5.39. The van der Waals surface area contributed by atoms with Gasteiger partial charge in [0.1, 0.15) is 0 Å². The van der Waals surface area contributed by atoms with Crippen molar-refractivity contribution in [2.45, 2.75) is 26.7 Å². The van der Waals surface area contributed by atoms with Gasteiger partial charge >= 0.3 is 0 Å². The van der Waals surface area contributed by atoms with E-state index in [1.165, 1.54) is 5.56 Å². The van der Waals surface area contributed by atoms with Gasteiger partial charge in [0.05, 0.1) is 21.3 Å². The Hall–Kier alpha value is -2.23. The minimum atomic E-state index is 0.629. The number of hydrogen-bond acceptors (Lipinski definition) is 4. The molecule has 0 amide bonds. The van der Waals surface area contributed by atoms with Crippen LogP contribution < -0.4 is 14.2 Å². The van der Waals surface area contributed by atoms with Gasteiger partial charge in [0, 0.05) is 11.4 Å². The largest absolute Gasteiger partial charge is 0.493 e. The lowest BCUT2D eigenvalue weighted by Gasteiger charge is -2.14. The Kier molecular flexibility index (Phi) is 5.26. The van der Waals surface area contributed by atoms with E-state index < -0.39 is 0 Å². The fourth-order valence-electron chi connectivity index (χ4n) is 2.63. The van der Waals surface area contributed by atoms with Crippen molar-refractivity contribution in [1.29, 1.82) is 0 Å². The lowest BCUT2D eigenvalue weighted by Crippen LogP contribution is -1.99. The zero-order valence-corrected chi connectivity index (χ0v) is 13.9. The molecule has 0 aliphatic rings. The molecule has 1 heterocycles. The van der Waals surface area contributed by atoms with Crippen molar-refractivity contribution in [3.8, 4) is 17.2 Å². The first-order valence-corrected chi connectivity index (χ1v) is 7.30. The number of pyridine rings is 1. The molecule has 0 fully saturated rings. The number of hydrogen-bond donors (Lipinski definition) is 0. The number of methoxy groups -OCH3 is 3. The van der Waals surface area contributed by atoms with Gasteiger partial charge in [-0.3, -0.25) is 4.98 Å². The molecule has 22 heavy (non-hydrogen) atoms. The first kappa shape index (κ1) is 16.1. The standard InChI is InChI=1S/C18H23NO3/c1-12-8-14(9-13(2)19-12)6-7-15-10-16(20-3)18(22-5)17(11-15)21-4/h8-11H,6-7H2,1-5H3. The Balaban J connectivity index is 2.22. The molecule has 0 unspecified atom stereocenters. The molecule has 4 heteroatoms. The van der Waals surface area contributed by atoms with Gasteiger partial charge in [-0.15, -0.1) is 0 Å².